The molecule has 0 heterocycles. The number of fused-ring (bicyclic) bond motifs is 2. The van der Waals surface area contributed by atoms with Gasteiger partial charge in [0, 0.05) is 28.7 Å². The van der Waals surface area contributed by atoms with E-state index in [0.717, 1.165) is 11.8 Å². The lowest BCUT2D eigenvalue weighted by Crippen LogP contribution is -2.22. The van der Waals surface area contributed by atoms with Crippen molar-refractivity contribution in [1.82, 2.24) is 0 Å². The van der Waals surface area contributed by atoms with Crippen molar-refractivity contribution in [3.8, 4) is 5.75 Å². The Kier molecular flexibility index (Phi) is 4.38. The highest BCUT2D eigenvalue weighted by molar-refractivity contribution is 6.29. The van der Waals surface area contributed by atoms with Crippen LogP contribution in [0.1, 0.15) is 43.0 Å². The second kappa shape index (κ2) is 7.00. The molecule has 0 spiro atoms. The van der Waals surface area contributed by atoms with Gasteiger partial charge in [0.15, 0.2) is 11.6 Å². The molecule has 4 rings (SSSR count). The van der Waals surface area contributed by atoms with Crippen LogP contribution in [0.4, 0.5) is 0 Å². The first-order chi connectivity index (χ1) is 13.2. The molecule has 0 atom stereocenters. The van der Waals surface area contributed by atoms with Crippen LogP contribution in [0.25, 0.3) is 0 Å². The minimum atomic E-state index is -0.254. The van der Waals surface area contributed by atoms with Gasteiger partial charge in [0.25, 0.3) is 0 Å². The molecule has 3 aromatic rings. The molecule has 4 nitrogen and oxygen atoms in total. The maximum Gasteiger partial charge on any atom is 0.198 e. The highest BCUT2D eigenvalue weighted by Crippen LogP contribution is 2.36. The van der Waals surface area contributed by atoms with E-state index in [1.54, 1.807) is 36.4 Å². The summed E-state index contributed by atoms with van der Waals surface area (Å²) in [5.41, 5.74) is 2.85. The monoisotopic (exact) mass is 356 g/mol. The Labute approximate surface area is 156 Å². The second-order valence-electron chi connectivity index (χ2n) is 6.33. The SMILES string of the molecule is O=CCc1ccc2c(c1OCc1ccccc1)C(=O)c1ccccc1C2=O. The number of hydrogen-bond donors (Lipinski definition) is 0. The lowest BCUT2D eigenvalue weighted by Gasteiger charge is -2.22. The molecule has 27 heavy (non-hydrogen) atoms. The molecule has 0 saturated heterocycles. The molecule has 0 fully saturated rings. The van der Waals surface area contributed by atoms with Crippen molar-refractivity contribution in [3.63, 3.8) is 0 Å². The molecular weight excluding hydrogens is 340 g/mol. The number of ketones is 2. The molecule has 0 amide bonds. The summed E-state index contributed by atoms with van der Waals surface area (Å²) >= 11 is 0. The Morgan fingerprint density at radius 1 is 0.741 bits per heavy atom. The van der Waals surface area contributed by atoms with Crippen molar-refractivity contribution >= 4 is 17.9 Å². The van der Waals surface area contributed by atoms with Gasteiger partial charge < -0.3 is 9.53 Å². The standard InChI is InChI=1S/C23H16O4/c24-13-12-16-10-11-19-20(23(16)27-14-15-6-2-1-3-7-15)22(26)18-9-5-4-8-17(18)21(19)25/h1-11,13H,12,14H2. The van der Waals surface area contributed by atoms with Crippen LogP contribution >= 0.6 is 0 Å². The number of ether oxygens (including phenoxy) is 1. The van der Waals surface area contributed by atoms with E-state index in [9.17, 15) is 14.4 Å². The van der Waals surface area contributed by atoms with Gasteiger partial charge in [-0.2, -0.15) is 0 Å². The summed E-state index contributed by atoms with van der Waals surface area (Å²) in [5, 5.41) is 0. The van der Waals surface area contributed by atoms with Crippen LogP contribution < -0.4 is 4.74 Å². The van der Waals surface area contributed by atoms with Gasteiger partial charge in [-0.25, -0.2) is 0 Å². The van der Waals surface area contributed by atoms with Crippen LogP contribution in [0, 0.1) is 0 Å². The van der Waals surface area contributed by atoms with Crippen molar-refractivity contribution in [2.45, 2.75) is 13.0 Å². The molecule has 0 saturated carbocycles. The predicted octanol–water partition coefficient (Wildman–Crippen LogP) is 3.78. The Bertz CT molecular complexity index is 1050. The smallest absolute Gasteiger partial charge is 0.198 e. The molecule has 132 valence electrons. The first-order valence-corrected chi connectivity index (χ1v) is 8.65. The highest BCUT2D eigenvalue weighted by Gasteiger charge is 2.33. The Hall–Kier alpha value is -3.53. The molecule has 0 N–H and O–H groups in total. The lowest BCUT2D eigenvalue weighted by atomic mass is 9.82. The second-order valence-corrected chi connectivity index (χ2v) is 6.33. The van der Waals surface area contributed by atoms with E-state index in [0.29, 0.717) is 28.0 Å². The van der Waals surface area contributed by atoms with Gasteiger partial charge in [0.05, 0.1) is 5.56 Å². The third-order valence-electron chi connectivity index (χ3n) is 4.66. The maximum atomic E-state index is 13.1. The summed E-state index contributed by atoms with van der Waals surface area (Å²) in [6, 6.07) is 19.6. The molecule has 0 radical (unpaired) electrons. The average Bonchev–Trinajstić information content (AvgIpc) is 2.71. The summed E-state index contributed by atoms with van der Waals surface area (Å²) in [6.45, 7) is 0.242. The van der Waals surface area contributed by atoms with E-state index in [-0.39, 0.29) is 30.2 Å². The van der Waals surface area contributed by atoms with Gasteiger partial charge in [-0.15, -0.1) is 0 Å². The first kappa shape index (κ1) is 16.9. The molecular formula is C23H16O4. The number of carbonyl (C=O) groups excluding carboxylic acids is 3. The van der Waals surface area contributed by atoms with Gasteiger partial charge in [-0.05, 0) is 11.6 Å². The van der Waals surface area contributed by atoms with Crippen LogP contribution in [-0.2, 0) is 17.8 Å². The van der Waals surface area contributed by atoms with Crippen LogP contribution in [0.15, 0.2) is 66.7 Å². The van der Waals surface area contributed by atoms with E-state index < -0.39 is 0 Å². The van der Waals surface area contributed by atoms with Crippen molar-refractivity contribution in [3.05, 3.63) is 100 Å². The quantitative estimate of drug-likeness (QED) is 0.511. The number of carbonyl (C=O) groups is 3. The van der Waals surface area contributed by atoms with E-state index in [4.69, 9.17) is 4.74 Å². The van der Waals surface area contributed by atoms with Crippen molar-refractivity contribution in [1.29, 1.82) is 0 Å². The Morgan fingerprint density at radius 2 is 1.41 bits per heavy atom. The van der Waals surface area contributed by atoms with Gasteiger partial charge >= 0.3 is 0 Å². The molecule has 3 aromatic carbocycles. The highest BCUT2D eigenvalue weighted by atomic mass is 16.5. The largest absolute Gasteiger partial charge is 0.488 e. The number of hydrogen-bond acceptors (Lipinski definition) is 4. The molecule has 0 bridgehead atoms. The number of benzene rings is 3. The van der Waals surface area contributed by atoms with Crippen molar-refractivity contribution in [2.75, 3.05) is 0 Å². The van der Waals surface area contributed by atoms with E-state index >= 15 is 0 Å². The van der Waals surface area contributed by atoms with Gasteiger partial charge in [0.1, 0.15) is 18.6 Å². The summed E-state index contributed by atoms with van der Waals surface area (Å²) in [7, 11) is 0. The molecule has 0 aromatic heterocycles. The zero-order chi connectivity index (χ0) is 18.8. The molecule has 1 aliphatic carbocycles. The van der Waals surface area contributed by atoms with Crippen LogP contribution in [0.5, 0.6) is 5.75 Å². The average molecular weight is 356 g/mol. The zero-order valence-electron chi connectivity index (χ0n) is 14.5. The third kappa shape index (κ3) is 2.95. The van der Waals surface area contributed by atoms with Crippen LogP contribution in [0.3, 0.4) is 0 Å². The third-order valence-corrected chi connectivity index (χ3v) is 4.66. The summed E-state index contributed by atoms with van der Waals surface area (Å²) in [6.07, 6.45) is 0.876. The summed E-state index contributed by atoms with van der Waals surface area (Å²) in [4.78, 5) is 37.1. The summed E-state index contributed by atoms with van der Waals surface area (Å²) < 4.78 is 5.98. The van der Waals surface area contributed by atoms with Gasteiger partial charge in [-0.1, -0.05) is 60.7 Å². The summed E-state index contributed by atoms with van der Waals surface area (Å²) in [5.74, 6) is -0.144. The fraction of sp³-hybridized carbons (Fsp3) is 0.0870. The van der Waals surface area contributed by atoms with Crippen molar-refractivity contribution < 1.29 is 19.1 Å². The Balaban J connectivity index is 1.83. The minimum absolute atomic E-state index is 0.112. The van der Waals surface area contributed by atoms with Crippen LogP contribution in [-0.4, -0.2) is 17.9 Å². The van der Waals surface area contributed by atoms with Crippen molar-refractivity contribution in [2.24, 2.45) is 0 Å². The Morgan fingerprint density at radius 3 is 2.11 bits per heavy atom. The lowest BCUT2D eigenvalue weighted by molar-refractivity contribution is -0.107. The predicted molar refractivity (Wildman–Crippen MR) is 100 cm³/mol. The molecule has 4 heteroatoms. The molecule has 0 unspecified atom stereocenters. The molecule has 1 aliphatic rings. The number of rotatable bonds is 5. The normalized spacial score (nSPS) is 12.3. The minimum Gasteiger partial charge on any atom is -0.488 e. The van der Waals surface area contributed by atoms with E-state index in [1.807, 2.05) is 30.3 Å². The number of aldehydes is 1. The van der Waals surface area contributed by atoms with E-state index in [1.165, 1.54) is 0 Å². The zero-order valence-corrected chi connectivity index (χ0v) is 14.5. The van der Waals surface area contributed by atoms with Gasteiger partial charge in [0.2, 0.25) is 0 Å². The van der Waals surface area contributed by atoms with Crippen LogP contribution in [0.2, 0.25) is 0 Å². The van der Waals surface area contributed by atoms with E-state index in [2.05, 4.69) is 0 Å². The van der Waals surface area contributed by atoms with Gasteiger partial charge in [-0.3, -0.25) is 9.59 Å². The fourth-order valence-electron chi connectivity index (χ4n) is 3.34. The topological polar surface area (TPSA) is 60.4 Å². The molecule has 0 aliphatic heterocycles. The first-order valence-electron chi connectivity index (χ1n) is 8.65. The maximum absolute atomic E-state index is 13.1. The fourth-order valence-corrected chi connectivity index (χ4v) is 3.34.